The molecule has 0 radical (unpaired) electrons. The van der Waals surface area contributed by atoms with Crippen molar-refractivity contribution in [2.75, 3.05) is 11.1 Å². The Balaban J connectivity index is 2.83. The molecule has 1 aromatic rings. The van der Waals surface area contributed by atoms with Crippen molar-refractivity contribution >= 4 is 17.3 Å². The Kier molecular flexibility index (Phi) is 2.98. The van der Waals surface area contributed by atoms with E-state index in [9.17, 15) is 9.18 Å². The number of carbonyl (C=O) groups excluding carboxylic acids is 1. The molecule has 82 valence electrons. The van der Waals surface area contributed by atoms with Gasteiger partial charge in [0.05, 0.1) is 5.69 Å². The topological polar surface area (TPSA) is 55.1 Å². The lowest BCUT2D eigenvalue weighted by Crippen LogP contribution is -2.27. The number of nitrogen functional groups attached to an aromatic ring is 1. The molecule has 1 aromatic carbocycles. The molecular formula is C11H15FN2O. The molecule has 0 atom stereocenters. The van der Waals surface area contributed by atoms with Crippen LogP contribution in [0.25, 0.3) is 0 Å². The average Bonchev–Trinajstić information content (AvgIpc) is 2.10. The van der Waals surface area contributed by atoms with Gasteiger partial charge in [0.1, 0.15) is 5.82 Å². The van der Waals surface area contributed by atoms with Crippen LogP contribution in [0.3, 0.4) is 0 Å². The van der Waals surface area contributed by atoms with Crippen molar-refractivity contribution in [1.82, 2.24) is 0 Å². The second-order valence-corrected chi connectivity index (χ2v) is 4.44. The molecule has 3 nitrogen and oxygen atoms in total. The van der Waals surface area contributed by atoms with E-state index >= 15 is 0 Å². The smallest absolute Gasteiger partial charge is 0.229 e. The van der Waals surface area contributed by atoms with Gasteiger partial charge in [0, 0.05) is 11.1 Å². The number of nitrogens with one attached hydrogen (secondary N) is 1. The van der Waals surface area contributed by atoms with E-state index in [2.05, 4.69) is 5.32 Å². The molecule has 0 aliphatic carbocycles. The normalized spacial score (nSPS) is 11.2. The van der Waals surface area contributed by atoms with E-state index in [4.69, 9.17) is 5.73 Å². The van der Waals surface area contributed by atoms with Gasteiger partial charge in [-0.3, -0.25) is 4.79 Å². The summed E-state index contributed by atoms with van der Waals surface area (Å²) >= 11 is 0. The molecule has 3 N–H and O–H groups in total. The molecule has 0 saturated heterocycles. The maximum atomic E-state index is 13.0. The molecule has 0 aliphatic rings. The van der Waals surface area contributed by atoms with Gasteiger partial charge >= 0.3 is 0 Å². The van der Waals surface area contributed by atoms with E-state index in [0.717, 1.165) is 0 Å². The van der Waals surface area contributed by atoms with Gasteiger partial charge in [-0.2, -0.15) is 0 Å². The van der Waals surface area contributed by atoms with E-state index in [1.54, 1.807) is 26.8 Å². The van der Waals surface area contributed by atoms with Crippen LogP contribution in [-0.4, -0.2) is 5.91 Å². The molecule has 0 heterocycles. The number of hydrogen-bond acceptors (Lipinski definition) is 2. The van der Waals surface area contributed by atoms with Crippen LogP contribution in [0.5, 0.6) is 0 Å². The number of nitrogens with two attached hydrogens (primary N) is 1. The summed E-state index contributed by atoms with van der Waals surface area (Å²) < 4.78 is 13.0. The number of halogens is 1. The van der Waals surface area contributed by atoms with Crippen molar-refractivity contribution in [2.24, 2.45) is 5.41 Å². The zero-order valence-corrected chi connectivity index (χ0v) is 9.10. The molecule has 0 fully saturated rings. The molecule has 0 bridgehead atoms. The molecule has 1 rings (SSSR count). The lowest BCUT2D eigenvalue weighted by molar-refractivity contribution is -0.123. The van der Waals surface area contributed by atoms with E-state index in [0.29, 0.717) is 5.69 Å². The molecule has 4 heteroatoms. The van der Waals surface area contributed by atoms with Crippen molar-refractivity contribution in [3.05, 3.63) is 24.0 Å². The third-order valence-corrected chi connectivity index (χ3v) is 1.94. The number of hydrogen-bond donors (Lipinski definition) is 2. The SMILES string of the molecule is CC(C)(C)C(=O)Nc1ccc(N)c(F)c1. The fraction of sp³-hybridized carbons (Fsp3) is 0.364. The Morgan fingerprint density at radius 3 is 2.47 bits per heavy atom. The van der Waals surface area contributed by atoms with Crippen LogP contribution in [0.1, 0.15) is 20.8 Å². The molecule has 0 aliphatic heterocycles. The second kappa shape index (κ2) is 3.88. The Morgan fingerprint density at radius 1 is 1.40 bits per heavy atom. The fourth-order valence-corrected chi connectivity index (χ4v) is 0.923. The Bertz CT molecular complexity index is 383. The van der Waals surface area contributed by atoms with Crippen LogP contribution in [0.15, 0.2) is 18.2 Å². The van der Waals surface area contributed by atoms with Gasteiger partial charge in [-0.25, -0.2) is 4.39 Å². The third kappa shape index (κ3) is 2.94. The van der Waals surface area contributed by atoms with Crippen molar-refractivity contribution in [2.45, 2.75) is 20.8 Å². The second-order valence-electron chi connectivity index (χ2n) is 4.44. The summed E-state index contributed by atoms with van der Waals surface area (Å²) in [5.41, 5.74) is 5.31. The highest BCUT2D eigenvalue weighted by molar-refractivity contribution is 5.94. The van der Waals surface area contributed by atoms with Gasteiger partial charge in [0.25, 0.3) is 0 Å². The summed E-state index contributed by atoms with van der Waals surface area (Å²) in [6.45, 7) is 5.36. The van der Waals surface area contributed by atoms with Gasteiger partial charge in [0.15, 0.2) is 0 Å². The first-order valence-corrected chi connectivity index (χ1v) is 4.67. The number of benzene rings is 1. The van der Waals surface area contributed by atoms with Crippen LogP contribution in [0, 0.1) is 11.2 Å². The Hall–Kier alpha value is -1.58. The molecule has 15 heavy (non-hydrogen) atoms. The maximum Gasteiger partial charge on any atom is 0.229 e. The van der Waals surface area contributed by atoms with Crippen LogP contribution in [-0.2, 0) is 4.79 Å². The first-order valence-electron chi connectivity index (χ1n) is 4.67. The highest BCUT2D eigenvalue weighted by Gasteiger charge is 2.21. The van der Waals surface area contributed by atoms with E-state index in [-0.39, 0.29) is 11.6 Å². The summed E-state index contributed by atoms with van der Waals surface area (Å²) in [4.78, 5) is 11.6. The summed E-state index contributed by atoms with van der Waals surface area (Å²) in [6.07, 6.45) is 0. The van der Waals surface area contributed by atoms with Crippen molar-refractivity contribution in [1.29, 1.82) is 0 Å². The van der Waals surface area contributed by atoms with E-state index < -0.39 is 11.2 Å². The maximum absolute atomic E-state index is 13.0. The minimum absolute atomic E-state index is 0.0729. The van der Waals surface area contributed by atoms with Crippen molar-refractivity contribution in [3.8, 4) is 0 Å². The van der Waals surface area contributed by atoms with E-state index in [1.165, 1.54) is 12.1 Å². The van der Waals surface area contributed by atoms with Crippen LogP contribution in [0.2, 0.25) is 0 Å². The minimum Gasteiger partial charge on any atom is -0.396 e. The van der Waals surface area contributed by atoms with Gasteiger partial charge in [-0.05, 0) is 18.2 Å². The largest absolute Gasteiger partial charge is 0.396 e. The average molecular weight is 210 g/mol. The lowest BCUT2D eigenvalue weighted by Gasteiger charge is -2.17. The monoisotopic (exact) mass is 210 g/mol. The summed E-state index contributed by atoms with van der Waals surface area (Å²) in [6, 6.07) is 4.20. The standard InChI is InChI=1S/C11H15FN2O/c1-11(2,3)10(15)14-7-4-5-9(13)8(12)6-7/h4-6H,13H2,1-3H3,(H,14,15). The summed E-state index contributed by atoms with van der Waals surface area (Å²) in [7, 11) is 0. The zero-order valence-electron chi connectivity index (χ0n) is 9.10. The third-order valence-electron chi connectivity index (χ3n) is 1.94. The molecule has 1 amide bonds. The van der Waals surface area contributed by atoms with Crippen LogP contribution >= 0.6 is 0 Å². The molecule has 0 aromatic heterocycles. The lowest BCUT2D eigenvalue weighted by atomic mass is 9.95. The number of amides is 1. The van der Waals surface area contributed by atoms with E-state index in [1.807, 2.05) is 0 Å². The first kappa shape index (κ1) is 11.5. The zero-order chi connectivity index (χ0) is 11.6. The van der Waals surface area contributed by atoms with Gasteiger partial charge in [-0.1, -0.05) is 20.8 Å². The summed E-state index contributed by atoms with van der Waals surface area (Å²) in [5, 5.41) is 2.62. The molecule has 0 spiro atoms. The van der Waals surface area contributed by atoms with Gasteiger partial charge in [-0.15, -0.1) is 0 Å². The predicted molar refractivity (Wildman–Crippen MR) is 58.9 cm³/mol. The quantitative estimate of drug-likeness (QED) is 0.699. The van der Waals surface area contributed by atoms with Crippen LogP contribution < -0.4 is 11.1 Å². The van der Waals surface area contributed by atoms with Gasteiger partial charge < -0.3 is 11.1 Å². The van der Waals surface area contributed by atoms with Crippen molar-refractivity contribution in [3.63, 3.8) is 0 Å². The highest BCUT2D eigenvalue weighted by atomic mass is 19.1. The molecule has 0 unspecified atom stereocenters. The fourth-order valence-electron chi connectivity index (χ4n) is 0.923. The predicted octanol–water partition coefficient (Wildman–Crippen LogP) is 2.39. The molecular weight excluding hydrogens is 195 g/mol. The van der Waals surface area contributed by atoms with Gasteiger partial charge in [0.2, 0.25) is 5.91 Å². The Morgan fingerprint density at radius 2 is 2.00 bits per heavy atom. The van der Waals surface area contributed by atoms with Crippen LogP contribution in [0.4, 0.5) is 15.8 Å². The molecule has 0 saturated carbocycles. The number of anilines is 2. The Labute approximate surface area is 88.5 Å². The highest BCUT2D eigenvalue weighted by Crippen LogP contribution is 2.20. The number of carbonyl (C=O) groups is 1. The summed E-state index contributed by atoms with van der Waals surface area (Å²) in [5.74, 6) is -0.687. The number of rotatable bonds is 1. The first-order chi connectivity index (χ1) is 6.80. The van der Waals surface area contributed by atoms with Crippen molar-refractivity contribution < 1.29 is 9.18 Å². The minimum atomic E-state index is -0.526.